The zero-order valence-corrected chi connectivity index (χ0v) is 18.7. The Bertz CT molecular complexity index is 922. The zero-order chi connectivity index (χ0) is 21.8. The molecular weight excluding hydrogens is 465 g/mol. The van der Waals surface area contributed by atoms with Crippen LogP contribution in [0, 0.1) is 5.82 Å². The number of amides is 3. The number of hydrogen-bond donors (Lipinski definition) is 1. The number of nitrogens with one attached hydrogen (secondary N) is 1. The summed E-state index contributed by atoms with van der Waals surface area (Å²) in [6, 6.07) is 13.4. The summed E-state index contributed by atoms with van der Waals surface area (Å²) < 4.78 is 19.6. The van der Waals surface area contributed by atoms with Crippen LogP contribution in [0.2, 0.25) is 0 Å². The van der Waals surface area contributed by atoms with E-state index in [2.05, 4.69) is 21.2 Å². The molecule has 6 nitrogen and oxygen atoms in total. The van der Waals surface area contributed by atoms with Gasteiger partial charge in [-0.2, -0.15) is 0 Å². The van der Waals surface area contributed by atoms with E-state index in [1.807, 2.05) is 29.2 Å². The Morgan fingerprint density at radius 1 is 0.903 bits per heavy atom. The quantitative estimate of drug-likeness (QED) is 0.708. The molecule has 0 aliphatic carbocycles. The summed E-state index contributed by atoms with van der Waals surface area (Å²) in [5.74, 6) is -0.241. The van der Waals surface area contributed by atoms with Crippen molar-refractivity contribution in [1.82, 2.24) is 9.80 Å². The standard InChI is InChI=1S/C23H25BrFN3O3/c24-18-3-1-17(2-4-18)23(9-15-31-16-10-23)21(29)27-11-13-28(14-12-27)22(30)26-20-7-5-19(25)6-8-20/h1-8H,9-16H2,(H,26,30). The minimum Gasteiger partial charge on any atom is -0.381 e. The fraction of sp³-hybridized carbons (Fsp3) is 0.391. The van der Waals surface area contributed by atoms with E-state index in [0.717, 1.165) is 10.0 Å². The van der Waals surface area contributed by atoms with E-state index in [1.165, 1.54) is 24.3 Å². The van der Waals surface area contributed by atoms with Gasteiger partial charge in [-0.3, -0.25) is 4.79 Å². The van der Waals surface area contributed by atoms with Gasteiger partial charge in [-0.15, -0.1) is 0 Å². The highest BCUT2D eigenvalue weighted by Gasteiger charge is 2.44. The van der Waals surface area contributed by atoms with Gasteiger partial charge in [-0.25, -0.2) is 9.18 Å². The summed E-state index contributed by atoms with van der Waals surface area (Å²) in [4.78, 5) is 29.8. The van der Waals surface area contributed by atoms with Crippen LogP contribution in [0.5, 0.6) is 0 Å². The number of benzene rings is 2. The number of piperazine rings is 1. The number of nitrogens with zero attached hydrogens (tertiary/aromatic N) is 2. The topological polar surface area (TPSA) is 61.9 Å². The smallest absolute Gasteiger partial charge is 0.321 e. The minimum absolute atomic E-state index is 0.108. The Morgan fingerprint density at radius 3 is 2.10 bits per heavy atom. The molecule has 2 aromatic carbocycles. The lowest BCUT2D eigenvalue weighted by Gasteiger charge is -2.43. The van der Waals surface area contributed by atoms with Crippen molar-refractivity contribution in [3.63, 3.8) is 0 Å². The average molecular weight is 490 g/mol. The highest BCUT2D eigenvalue weighted by molar-refractivity contribution is 9.10. The number of urea groups is 1. The molecule has 2 heterocycles. The number of anilines is 1. The first-order chi connectivity index (χ1) is 15.0. The van der Waals surface area contributed by atoms with Crippen molar-refractivity contribution >= 4 is 33.6 Å². The van der Waals surface area contributed by atoms with Crippen molar-refractivity contribution in [2.45, 2.75) is 18.3 Å². The molecule has 0 radical (unpaired) electrons. The zero-order valence-electron chi connectivity index (χ0n) is 17.2. The molecule has 31 heavy (non-hydrogen) atoms. The first-order valence-electron chi connectivity index (χ1n) is 10.4. The van der Waals surface area contributed by atoms with Crippen molar-refractivity contribution in [3.8, 4) is 0 Å². The van der Waals surface area contributed by atoms with Crippen LogP contribution in [-0.4, -0.2) is 61.1 Å². The van der Waals surface area contributed by atoms with Gasteiger partial charge < -0.3 is 19.9 Å². The van der Waals surface area contributed by atoms with Gasteiger partial charge in [0.25, 0.3) is 0 Å². The van der Waals surface area contributed by atoms with E-state index in [0.29, 0.717) is 57.9 Å². The van der Waals surface area contributed by atoms with E-state index in [-0.39, 0.29) is 17.8 Å². The summed E-state index contributed by atoms with van der Waals surface area (Å²) >= 11 is 3.47. The second kappa shape index (κ2) is 9.36. The molecule has 0 bridgehead atoms. The molecule has 2 aliphatic rings. The van der Waals surface area contributed by atoms with Gasteiger partial charge in [-0.1, -0.05) is 28.1 Å². The van der Waals surface area contributed by atoms with E-state index >= 15 is 0 Å². The molecular formula is C23H25BrFN3O3. The largest absolute Gasteiger partial charge is 0.381 e. The van der Waals surface area contributed by atoms with Gasteiger partial charge in [0.05, 0.1) is 5.41 Å². The van der Waals surface area contributed by atoms with E-state index in [4.69, 9.17) is 4.74 Å². The number of rotatable bonds is 3. The highest BCUT2D eigenvalue weighted by Crippen LogP contribution is 2.37. The molecule has 8 heteroatoms. The Labute approximate surface area is 189 Å². The predicted molar refractivity (Wildman–Crippen MR) is 119 cm³/mol. The number of hydrogen-bond acceptors (Lipinski definition) is 3. The number of carbonyl (C=O) groups excluding carboxylic acids is 2. The van der Waals surface area contributed by atoms with Crippen LogP contribution in [0.3, 0.4) is 0 Å². The van der Waals surface area contributed by atoms with Crippen LogP contribution >= 0.6 is 15.9 Å². The van der Waals surface area contributed by atoms with Crippen molar-refractivity contribution < 1.29 is 18.7 Å². The third-order valence-electron chi connectivity index (χ3n) is 6.10. The molecule has 0 unspecified atom stereocenters. The second-order valence-corrected chi connectivity index (χ2v) is 8.83. The monoisotopic (exact) mass is 489 g/mol. The molecule has 3 amide bonds. The molecule has 0 atom stereocenters. The van der Waals surface area contributed by atoms with Gasteiger partial charge in [0.1, 0.15) is 5.82 Å². The fourth-order valence-corrected chi connectivity index (χ4v) is 4.53. The van der Waals surface area contributed by atoms with Crippen LogP contribution in [0.15, 0.2) is 53.0 Å². The number of ether oxygens (including phenoxy) is 1. The molecule has 2 aliphatic heterocycles. The molecule has 2 aromatic rings. The van der Waals surface area contributed by atoms with Crippen LogP contribution < -0.4 is 5.32 Å². The predicted octanol–water partition coefficient (Wildman–Crippen LogP) is 4.01. The maximum atomic E-state index is 13.7. The maximum Gasteiger partial charge on any atom is 0.321 e. The van der Waals surface area contributed by atoms with E-state index in [9.17, 15) is 14.0 Å². The van der Waals surface area contributed by atoms with Gasteiger partial charge in [0.15, 0.2) is 0 Å². The number of carbonyl (C=O) groups is 2. The van der Waals surface area contributed by atoms with Gasteiger partial charge in [0.2, 0.25) is 5.91 Å². The van der Waals surface area contributed by atoms with E-state index in [1.54, 1.807) is 4.90 Å². The van der Waals surface area contributed by atoms with Crippen LogP contribution in [0.25, 0.3) is 0 Å². The summed E-state index contributed by atoms with van der Waals surface area (Å²) in [6.07, 6.45) is 1.30. The second-order valence-electron chi connectivity index (χ2n) is 7.92. The first-order valence-corrected chi connectivity index (χ1v) is 11.2. The minimum atomic E-state index is -0.586. The molecule has 0 aromatic heterocycles. The number of halogens is 2. The Hall–Kier alpha value is -2.45. The Morgan fingerprint density at radius 2 is 1.48 bits per heavy atom. The molecule has 2 fully saturated rings. The summed E-state index contributed by atoms with van der Waals surface area (Å²) in [5, 5.41) is 2.78. The van der Waals surface area contributed by atoms with Crippen LogP contribution in [0.4, 0.5) is 14.9 Å². The first kappa shape index (κ1) is 21.8. The normalized spacial score (nSPS) is 18.5. The average Bonchev–Trinajstić information content (AvgIpc) is 2.81. The van der Waals surface area contributed by atoms with E-state index < -0.39 is 5.41 Å². The molecule has 4 rings (SSSR count). The van der Waals surface area contributed by atoms with Gasteiger partial charge >= 0.3 is 6.03 Å². The lowest BCUT2D eigenvalue weighted by atomic mass is 9.73. The molecule has 164 valence electrons. The van der Waals surface area contributed by atoms with Crippen molar-refractivity contribution in [1.29, 1.82) is 0 Å². The fourth-order valence-electron chi connectivity index (χ4n) is 4.27. The third kappa shape index (κ3) is 4.75. The maximum absolute atomic E-state index is 13.7. The lowest BCUT2D eigenvalue weighted by molar-refractivity contribution is -0.142. The van der Waals surface area contributed by atoms with Crippen LogP contribution in [-0.2, 0) is 14.9 Å². The van der Waals surface area contributed by atoms with Crippen LogP contribution in [0.1, 0.15) is 18.4 Å². The third-order valence-corrected chi connectivity index (χ3v) is 6.63. The lowest BCUT2D eigenvalue weighted by Crippen LogP contribution is -2.57. The summed E-state index contributed by atoms with van der Waals surface area (Å²) in [5.41, 5.74) is 0.971. The van der Waals surface area contributed by atoms with Crippen molar-refractivity contribution in [2.24, 2.45) is 0 Å². The summed E-state index contributed by atoms with van der Waals surface area (Å²) in [6.45, 7) is 2.98. The molecule has 0 saturated carbocycles. The molecule has 1 N–H and O–H groups in total. The highest BCUT2D eigenvalue weighted by atomic mass is 79.9. The van der Waals surface area contributed by atoms with Gasteiger partial charge in [0, 0.05) is 49.6 Å². The Kier molecular flexibility index (Phi) is 6.57. The molecule has 0 spiro atoms. The summed E-state index contributed by atoms with van der Waals surface area (Å²) in [7, 11) is 0. The SMILES string of the molecule is O=C(Nc1ccc(F)cc1)N1CCN(C(=O)C2(c3ccc(Br)cc3)CCOCC2)CC1. The van der Waals surface area contributed by atoms with Crippen molar-refractivity contribution in [2.75, 3.05) is 44.7 Å². The molecule has 2 saturated heterocycles. The Balaban J connectivity index is 1.42. The van der Waals surface area contributed by atoms with Crippen molar-refractivity contribution in [3.05, 3.63) is 64.4 Å². The van der Waals surface area contributed by atoms with Gasteiger partial charge in [-0.05, 0) is 54.8 Å².